The second-order valence-electron chi connectivity index (χ2n) is 7.15. The van der Waals surface area contributed by atoms with Crippen molar-refractivity contribution in [1.29, 1.82) is 0 Å². The molecule has 0 aliphatic carbocycles. The van der Waals surface area contributed by atoms with E-state index in [1.165, 1.54) is 0 Å². The summed E-state index contributed by atoms with van der Waals surface area (Å²) < 4.78 is 0. The van der Waals surface area contributed by atoms with Gasteiger partial charge < -0.3 is 20.8 Å². The minimum atomic E-state index is -0.804. The highest BCUT2D eigenvalue weighted by Gasteiger charge is 2.31. The SMILES string of the molecule is CC(C)(C)[C@H](CO)NC(=O)C(=O)N[C@@H](CO)C(C)(C)C. The fourth-order valence-corrected chi connectivity index (χ4v) is 1.52. The lowest BCUT2D eigenvalue weighted by atomic mass is 9.86. The molecule has 0 unspecified atom stereocenters. The highest BCUT2D eigenvalue weighted by molar-refractivity contribution is 6.35. The topological polar surface area (TPSA) is 98.7 Å². The van der Waals surface area contributed by atoms with Crippen LogP contribution in [0.25, 0.3) is 0 Å². The van der Waals surface area contributed by atoms with Crippen LogP contribution in [0.15, 0.2) is 0 Å². The molecule has 0 aliphatic rings. The lowest BCUT2D eigenvalue weighted by molar-refractivity contribution is -0.141. The summed E-state index contributed by atoms with van der Waals surface area (Å²) in [6.45, 7) is 10.7. The maximum atomic E-state index is 11.8. The second kappa shape index (κ2) is 7.04. The maximum absolute atomic E-state index is 11.8. The van der Waals surface area contributed by atoms with Crippen LogP contribution in [0.2, 0.25) is 0 Å². The lowest BCUT2D eigenvalue weighted by Crippen LogP contribution is -2.55. The van der Waals surface area contributed by atoms with Crippen LogP contribution in [0.4, 0.5) is 0 Å². The molecule has 6 nitrogen and oxygen atoms in total. The van der Waals surface area contributed by atoms with Crippen LogP contribution in [0.3, 0.4) is 0 Å². The summed E-state index contributed by atoms with van der Waals surface area (Å²) >= 11 is 0. The zero-order chi connectivity index (χ0) is 16.1. The molecule has 0 aromatic heterocycles. The summed E-state index contributed by atoms with van der Waals surface area (Å²) in [6, 6.07) is -1.02. The average molecular weight is 288 g/mol. The molecule has 20 heavy (non-hydrogen) atoms. The first-order valence-electron chi connectivity index (χ1n) is 6.76. The van der Waals surface area contributed by atoms with Gasteiger partial charge in [-0.3, -0.25) is 9.59 Å². The largest absolute Gasteiger partial charge is 0.394 e. The van der Waals surface area contributed by atoms with Crippen LogP contribution in [0.1, 0.15) is 41.5 Å². The van der Waals surface area contributed by atoms with Gasteiger partial charge in [-0.2, -0.15) is 0 Å². The lowest BCUT2D eigenvalue weighted by Gasteiger charge is -2.31. The summed E-state index contributed by atoms with van der Waals surface area (Å²) in [5.74, 6) is -1.61. The zero-order valence-electron chi connectivity index (χ0n) is 13.3. The fraction of sp³-hybridized carbons (Fsp3) is 0.857. The van der Waals surface area contributed by atoms with E-state index < -0.39 is 23.9 Å². The van der Waals surface area contributed by atoms with Gasteiger partial charge in [0.2, 0.25) is 0 Å². The number of nitrogens with one attached hydrogen (secondary N) is 2. The summed E-state index contributed by atoms with van der Waals surface area (Å²) in [7, 11) is 0. The Labute approximate surface area is 120 Å². The van der Waals surface area contributed by atoms with Gasteiger partial charge in [-0.25, -0.2) is 0 Å². The summed E-state index contributed by atoms with van der Waals surface area (Å²) in [6.07, 6.45) is 0. The molecule has 6 heteroatoms. The standard InChI is InChI=1S/C14H28N2O4/c1-13(2,3)9(7-17)15-11(19)12(20)16-10(8-18)14(4,5)6/h9-10,17-18H,7-8H2,1-6H3,(H,15,19)(H,16,20)/t9-,10-/m0/s1. The van der Waals surface area contributed by atoms with Crippen LogP contribution in [-0.2, 0) is 9.59 Å². The molecular weight excluding hydrogens is 260 g/mol. The van der Waals surface area contributed by atoms with Crippen LogP contribution in [-0.4, -0.2) is 47.3 Å². The second-order valence-corrected chi connectivity index (χ2v) is 7.15. The zero-order valence-corrected chi connectivity index (χ0v) is 13.3. The van der Waals surface area contributed by atoms with Crippen molar-refractivity contribution in [2.75, 3.05) is 13.2 Å². The van der Waals surface area contributed by atoms with Crippen molar-refractivity contribution >= 4 is 11.8 Å². The molecule has 0 radical (unpaired) electrons. The van der Waals surface area contributed by atoms with Crippen LogP contribution < -0.4 is 10.6 Å². The van der Waals surface area contributed by atoms with Gasteiger partial charge in [0.25, 0.3) is 0 Å². The quantitative estimate of drug-likeness (QED) is 0.549. The van der Waals surface area contributed by atoms with Gasteiger partial charge in [0.15, 0.2) is 0 Å². The Hall–Kier alpha value is -1.14. The van der Waals surface area contributed by atoms with Crippen LogP contribution in [0, 0.1) is 10.8 Å². The van der Waals surface area contributed by atoms with Crippen molar-refractivity contribution in [2.24, 2.45) is 10.8 Å². The molecule has 0 saturated heterocycles. The molecule has 0 aliphatic heterocycles. The molecule has 2 amide bonds. The molecule has 0 heterocycles. The Morgan fingerprint density at radius 1 is 0.800 bits per heavy atom. The van der Waals surface area contributed by atoms with Gasteiger partial charge in [-0.15, -0.1) is 0 Å². The fourth-order valence-electron chi connectivity index (χ4n) is 1.52. The first kappa shape index (κ1) is 18.9. The Morgan fingerprint density at radius 2 is 1.05 bits per heavy atom. The minimum Gasteiger partial charge on any atom is -0.394 e. The number of rotatable bonds is 4. The average Bonchev–Trinajstić information content (AvgIpc) is 2.28. The van der Waals surface area contributed by atoms with E-state index in [0.717, 1.165) is 0 Å². The molecule has 4 N–H and O–H groups in total. The first-order valence-corrected chi connectivity index (χ1v) is 6.76. The molecular formula is C14H28N2O4. The summed E-state index contributed by atoms with van der Waals surface area (Å²) in [4.78, 5) is 23.6. The highest BCUT2D eigenvalue weighted by atomic mass is 16.3. The molecule has 0 rings (SSSR count). The number of aliphatic hydroxyl groups is 2. The molecule has 0 fully saturated rings. The van der Waals surface area contributed by atoms with E-state index in [4.69, 9.17) is 0 Å². The third-order valence-electron chi connectivity index (χ3n) is 3.27. The third-order valence-corrected chi connectivity index (χ3v) is 3.27. The van der Waals surface area contributed by atoms with E-state index in [1.54, 1.807) is 0 Å². The van der Waals surface area contributed by atoms with Crippen molar-refractivity contribution in [2.45, 2.75) is 53.6 Å². The van der Waals surface area contributed by atoms with Gasteiger partial charge in [0.05, 0.1) is 25.3 Å². The van der Waals surface area contributed by atoms with E-state index in [1.807, 2.05) is 41.5 Å². The number of hydrogen-bond acceptors (Lipinski definition) is 4. The number of amides is 2. The molecule has 0 bridgehead atoms. The minimum absolute atomic E-state index is 0.245. The van der Waals surface area contributed by atoms with Crippen molar-refractivity contribution in [1.82, 2.24) is 10.6 Å². The molecule has 0 aromatic carbocycles. The van der Waals surface area contributed by atoms with Gasteiger partial charge in [-0.05, 0) is 10.8 Å². The molecule has 118 valence electrons. The Bertz CT molecular complexity index is 308. The van der Waals surface area contributed by atoms with E-state index in [0.29, 0.717) is 0 Å². The van der Waals surface area contributed by atoms with Crippen molar-refractivity contribution in [3.63, 3.8) is 0 Å². The maximum Gasteiger partial charge on any atom is 0.309 e. The van der Waals surface area contributed by atoms with Crippen molar-refractivity contribution in [3.05, 3.63) is 0 Å². The number of carbonyl (C=O) groups excluding carboxylic acids is 2. The Kier molecular flexibility index (Phi) is 6.64. The van der Waals surface area contributed by atoms with Crippen LogP contribution >= 0.6 is 0 Å². The Balaban J connectivity index is 4.68. The van der Waals surface area contributed by atoms with Crippen LogP contribution in [0.5, 0.6) is 0 Å². The molecule has 0 saturated carbocycles. The van der Waals surface area contributed by atoms with E-state index in [9.17, 15) is 19.8 Å². The monoisotopic (exact) mass is 288 g/mol. The predicted octanol–water partition coefficient (Wildman–Crippen LogP) is 0.0328. The van der Waals surface area contributed by atoms with E-state index in [2.05, 4.69) is 10.6 Å². The predicted molar refractivity (Wildman–Crippen MR) is 76.9 cm³/mol. The van der Waals surface area contributed by atoms with Gasteiger partial charge in [0, 0.05) is 0 Å². The van der Waals surface area contributed by atoms with E-state index >= 15 is 0 Å². The smallest absolute Gasteiger partial charge is 0.309 e. The number of aliphatic hydroxyl groups excluding tert-OH is 2. The normalized spacial score (nSPS) is 15.4. The molecule has 0 aromatic rings. The first-order chi connectivity index (χ1) is 8.93. The van der Waals surface area contributed by atoms with Gasteiger partial charge in [0.1, 0.15) is 0 Å². The number of hydrogen-bond donors (Lipinski definition) is 4. The van der Waals surface area contributed by atoms with Crippen molar-refractivity contribution in [3.8, 4) is 0 Å². The molecule has 2 atom stereocenters. The van der Waals surface area contributed by atoms with Crippen molar-refractivity contribution < 1.29 is 19.8 Å². The Morgan fingerprint density at radius 3 is 1.20 bits per heavy atom. The highest BCUT2D eigenvalue weighted by Crippen LogP contribution is 2.19. The number of carbonyl (C=O) groups is 2. The van der Waals surface area contributed by atoms with Gasteiger partial charge >= 0.3 is 11.8 Å². The summed E-state index contributed by atoms with van der Waals surface area (Å²) in [5.41, 5.74) is -0.712. The van der Waals surface area contributed by atoms with Gasteiger partial charge in [-0.1, -0.05) is 41.5 Å². The molecule has 0 spiro atoms. The summed E-state index contributed by atoms with van der Waals surface area (Å²) in [5, 5.41) is 23.5. The third kappa shape index (κ3) is 5.88. The van der Waals surface area contributed by atoms with E-state index in [-0.39, 0.29) is 24.0 Å².